The number of fused-ring (bicyclic) bond motifs is 3. The molecule has 0 saturated carbocycles. The van der Waals surface area contributed by atoms with Crippen molar-refractivity contribution in [3.63, 3.8) is 0 Å². The van der Waals surface area contributed by atoms with Crippen LogP contribution >= 0.6 is 11.3 Å². The lowest BCUT2D eigenvalue weighted by Crippen LogP contribution is -2.34. The van der Waals surface area contributed by atoms with Crippen molar-refractivity contribution in [3.8, 4) is 0 Å². The summed E-state index contributed by atoms with van der Waals surface area (Å²) in [5, 5.41) is 14.2. The summed E-state index contributed by atoms with van der Waals surface area (Å²) in [7, 11) is 0. The Bertz CT molecular complexity index is 986. The third kappa shape index (κ3) is 3.31. The molecule has 1 aromatic carbocycles. The van der Waals surface area contributed by atoms with Crippen LogP contribution in [-0.2, 0) is 17.8 Å². The van der Waals surface area contributed by atoms with E-state index in [0.717, 1.165) is 32.9 Å². The number of hydrogen-bond acceptors (Lipinski definition) is 6. The number of benzene rings is 1. The fourth-order valence-electron chi connectivity index (χ4n) is 3.44. The minimum atomic E-state index is -0.248. The zero-order valence-corrected chi connectivity index (χ0v) is 15.6. The van der Waals surface area contributed by atoms with Crippen molar-refractivity contribution >= 4 is 33.3 Å². The lowest BCUT2D eigenvalue weighted by Gasteiger charge is -2.26. The second-order valence-corrected chi connectivity index (χ2v) is 7.49. The maximum atomic E-state index is 11.9. The van der Waals surface area contributed by atoms with Crippen LogP contribution in [0.1, 0.15) is 22.0 Å². The predicted molar refractivity (Wildman–Crippen MR) is 107 cm³/mol. The summed E-state index contributed by atoms with van der Waals surface area (Å²) < 4.78 is 0. The standard InChI is InChI=1S/C20H20N4O2S/c1-2-17(26)24-9-8-14-16(10-24)27-20-18(14)19(21-12-22-20)23-15(11-25)13-6-4-3-5-7-13/h2-7,12,15,25H,1,8-11H2,(H,21,22,23)/t15-/m0/s1. The Labute approximate surface area is 161 Å². The molecule has 3 heterocycles. The SMILES string of the molecule is C=CC(=O)N1CCc2c(sc3ncnc(N[C@@H](CO)c4ccccc4)c23)C1. The van der Waals surface area contributed by atoms with Crippen LogP contribution in [0.2, 0.25) is 0 Å². The summed E-state index contributed by atoms with van der Waals surface area (Å²) in [5.74, 6) is 0.677. The molecule has 4 rings (SSSR count). The van der Waals surface area contributed by atoms with Crippen LogP contribution < -0.4 is 5.32 Å². The van der Waals surface area contributed by atoms with Crippen LogP contribution in [0.25, 0.3) is 10.2 Å². The molecule has 7 heteroatoms. The van der Waals surface area contributed by atoms with Gasteiger partial charge in [0.15, 0.2) is 0 Å². The van der Waals surface area contributed by atoms with Gasteiger partial charge in [0.1, 0.15) is 17.0 Å². The number of thiophene rings is 1. The summed E-state index contributed by atoms with van der Waals surface area (Å²) in [4.78, 5) is 24.6. The van der Waals surface area contributed by atoms with E-state index in [1.165, 1.54) is 11.6 Å². The molecule has 0 saturated heterocycles. The van der Waals surface area contributed by atoms with Crippen molar-refractivity contribution in [1.29, 1.82) is 0 Å². The first-order valence-electron chi connectivity index (χ1n) is 8.80. The van der Waals surface area contributed by atoms with Crippen LogP contribution in [0.15, 0.2) is 49.3 Å². The van der Waals surface area contributed by atoms with Gasteiger partial charge in [0.05, 0.1) is 24.6 Å². The maximum absolute atomic E-state index is 11.9. The van der Waals surface area contributed by atoms with Gasteiger partial charge in [-0.1, -0.05) is 36.9 Å². The minimum absolute atomic E-state index is 0.0382. The largest absolute Gasteiger partial charge is 0.394 e. The highest BCUT2D eigenvalue weighted by Gasteiger charge is 2.26. The van der Waals surface area contributed by atoms with E-state index in [-0.39, 0.29) is 18.6 Å². The van der Waals surface area contributed by atoms with Gasteiger partial charge in [-0.15, -0.1) is 11.3 Å². The van der Waals surface area contributed by atoms with Gasteiger partial charge in [-0.3, -0.25) is 4.79 Å². The zero-order valence-electron chi connectivity index (χ0n) is 14.8. The molecular weight excluding hydrogens is 360 g/mol. The second kappa shape index (κ2) is 7.46. The molecule has 3 aromatic rings. The van der Waals surface area contributed by atoms with Gasteiger partial charge in [0.2, 0.25) is 5.91 Å². The average Bonchev–Trinajstić information content (AvgIpc) is 3.10. The van der Waals surface area contributed by atoms with Crippen molar-refractivity contribution in [2.45, 2.75) is 19.0 Å². The Morgan fingerprint density at radius 3 is 2.93 bits per heavy atom. The van der Waals surface area contributed by atoms with Crippen molar-refractivity contribution in [1.82, 2.24) is 14.9 Å². The fraction of sp³-hybridized carbons (Fsp3) is 0.250. The lowest BCUT2D eigenvalue weighted by atomic mass is 10.0. The number of aliphatic hydroxyl groups excluding tert-OH is 1. The number of aromatic nitrogens is 2. The van der Waals surface area contributed by atoms with Crippen molar-refractivity contribution in [3.05, 3.63) is 65.3 Å². The number of rotatable bonds is 5. The molecule has 0 aliphatic carbocycles. The highest BCUT2D eigenvalue weighted by Crippen LogP contribution is 2.38. The number of nitrogens with zero attached hydrogens (tertiary/aromatic N) is 3. The first kappa shape index (κ1) is 17.6. The highest BCUT2D eigenvalue weighted by molar-refractivity contribution is 7.19. The Kier molecular flexibility index (Phi) is 4.87. The van der Waals surface area contributed by atoms with Gasteiger partial charge >= 0.3 is 0 Å². The maximum Gasteiger partial charge on any atom is 0.246 e. The van der Waals surface area contributed by atoms with Gasteiger partial charge < -0.3 is 15.3 Å². The quantitative estimate of drug-likeness (QED) is 0.666. The van der Waals surface area contributed by atoms with Crippen LogP contribution in [0.4, 0.5) is 5.82 Å². The van der Waals surface area contributed by atoms with E-state index in [1.54, 1.807) is 22.6 Å². The van der Waals surface area contributed by atoms with E-state index in [0.29, 0.717) is 13.1 Å². The zero-order chi connectivity index (χ0) is 18.8. The number of amides is 1. The summed E-state index contributed by atoms with van der Waals surface area (Å²) in [6.45, 7) is 4.76. The molecule has 1 aliphatic heterocycles. The number of carbonyl (C=O) groups excluding carboxylic acids is 1. The highest BCUT2D eigenvalue weighted by atomic mass is 32.1. The molecule has 0 bridgehead atoms. The van der Waals surface area contributed by atoms with Gasteiger partial charge in [-0.2, -0.15) is 0 Å². The fourth-order valence-corrected chi connectivity index (χ4v) is 4.64. The van der Waals surface area contributed by atoms with Crippen LogP contribution in [0.3, 0.4) is 0 Å². The molecule has 2 aromatic heterocycles. The molecule has 0 radical (unpaired) electrons. The van der Waals surface area contributed by atoms with E-state index in [2.05, 4.69) is 21.9 Å². The topological polar surface area (TPSA) is 78.4 Å². The van der Waals surface area contributed by atoms with Crippen molar-refractivity contribution < 1.29 is 9.90 Å². The average molecular weight is 380 g/mol. The number of hydrogen-bond donors (Lipinski definition) is 2. The van der Waals surface area contributed by atoms with E-state index in [4.69, 9.17) is 0 Å². The van der Waals surface area contributed by atoms with Crippen LogP contribution in [0.5, 0.6) is 0 Å². The molecule has 138 valence electrons. The van der Waals surface area contributed by atoms with E-state index in [9.17, 15) is 9.90 Å². The van der Waals surface area contributed by atoms with E-state index in [1.807, 2.05) is 30.3 Å². The number of aliphatic hydroxyl groups is 1. The molecule has 27 heavy (non-hydrogen) atoms. The molecule has 1 atom stereocenters. The normalized spacial score (nSPS) is 14.6. The molecule has 0 unspecified atom stereocenters. The number of anilines is 1. The molecule has 1 aliphatic rings. The molecule has 2 N–H and O–H groups in total. The van der Waals surface area contributed by atoms with Crippen molar-refractivity contribution in [2.75, 3.05) is 18.5 Å². The number of nitrogens with one attached hydrogen (secondary N) is 1. The van der Waals surface area contributed by atoms with E-state index < -0.39 is 0 Å². The summed E-state index contributed by atoms with van der Waals surface area (Å²) in [6, 6.07) is 9.57. The minimum Gasteiger partial charge on any atom is -0.394 e. The van der Waals surface area contributed by atoms with Gasteiger partial charge in [0.25, 0.3) is 0 Å². The molecule has 6 nitrogen and oxygen atoms in total. The third-order valence-corrected chi connectivity index (χ3v) is 5.94. The Hall–Kier alpha value is -2.77. The summed E-state index contributed by atoms with van der Waals surface area (Å²) >= 11 is 1.59. The first-order valence-corrected chi connectivity index (χ1v) is 9.62. The Morgan fingerprint density at radius 2 is 2.19 bits per heavy atom. The van der Waals surface area contributed by atoms with E-state index >= 15 is 0 Å². The predicted octanol–water partition coefficient (Wildman–Crippen LogP) is 2.91. The lowest BCUT2D eigenvalue weighted by molar-refractivity contribution is -0.126. The molecule has 0 spiro atoms. The summed E-state index contributed by atoms with van der Waals surface area (Å²) in [5.41, 5.74) is 2.19. The molecular formula is C20H20N4O2S. The monoisotopic (exact) mass is 380 g/mol. The first-order chi connectivity index (χ1) is 13.2. The Balaban J connectivity index is 1.70. The molecule has 1 amide bonds. The van der Waals surface area contributed by atoms with Gasteiger partial charge in [0, 0.05) is 11.4 Å². The summed E-state index contributed by atoms with van der Waals surface area (Å²) in [6.07, 6.45) is 3.65. The van der Waals surface area contributed by atoms with Gasteiger partial charge in [-0.05, 0) is 23.6 Å². The smallest absolute Gasteiger partial charge is 0.246 e. The van der Waals surface area contributed by atoms with Crippen molar-refractivity contribution in [2.24, 2.45) is 0 Å². The third-order valence-electron chi connectivity index (χ3n) is 4.82. The number of carbonyl (C=O) groups is 1. The van der Waals surface area contributed by atoms with Gasteiger partial charge in [-0.25, -0.2) is 9.97 Å². The Morgan fingerprint density at radius 1 is 1.37 bits per heavy atom. The van der Waals surface area contributed by atoms with Crippen LogP contribution in [-0.4, -0.2) is 39.0 Å². The van der Waals surface area contributed by atoms with Crippen LogP contribution in [0, 0.1) is 0 Å². The second-order valence-electron chi connectivity index (χ2n) is 6.41. The molecule has 0 fully saturated rings.